The standard InChI is InChI=1S/C23H31FN4O3/c1-14-5-6-19(24)18-10-20(26-22(14)18)23(30)25-15-3-2-4-16(9-15)27-7-8-28-17(11-27)12-31-13-21(28)29/h5-6,15-17,20,26H,2-4,7-13H2,1H3,(H,25,30)/t15-,16-,17+,20?/m1/s1. The van der Waals surface area contributed by atoms with Crippen molar-refractivity contribution in [3.8, 4) is 0 Å². The van der Waals surface area contributed by atoms with E-state index in [2.05, 4.69) is 15.5 Å². The summed E-state index contributed by atoms with van der Waals surface area (Å²) < 4.78 is 19.6. The number of nitrogens with one attached hydrogen (secondary N) is 2. The van der Waals surface area contributed by atoms with E-state index >= 15 is 0 Å². The molecule has 1 aromatic rings. The van der Waals surface area contributed by atoms with Crippen LogP contribution in [-0.2, 0) is 20.7 Å². The molecule has 5 rings (SSSR count). The summed E-state index contributed by atoms with van der Waals surface area (Å²) in [6.45, 7) is 5.23. The lowest BCUT2D eigenvalue weighted by Gasteiger charge is -2.47. The number of hydrogen-bond donors (Lipinski definition) is 2. The van der Waals surface area contributed by atoms with Gasteiger partial charge in [-0.15, -0.1) is 0 Å². The highest BCUT2D eigenvalue weighted by Crippen LogP contribution is 2.32. The lowest BCUT2D eigenvalue weighted by atomic mass is 9.88. The number of rotatable bonds is 3. The number of amides is 2. The maximum atomic E-state index is 14.2. The number of piperazine rings is 1. The van der Waals surface area contributed by atoms with Crippen molar-refractivity contribution in [1.29, 1.82) is 0 Å². The first kappa shape index (κ1) is 20.7. The highest BCUT2D eigenvalue weighted by molar-refractivity contribution is 5.88. The molecule has 2 N–H and O–H groups in total. The SMILES string of the molecule is Cc1ccc(F)c2c1NC(C(=O)N[C@@H]1CCC[C@@H](N3CCN4C(=O)COC[C@@H]4C3)C1)C2. The maximum absolute atomic E-state index is 14.2. The van der Waals surface area contributed by atoms with E-state index in [0.717, 1.165) is 56.6 Å². The Morgan fingerprint density at radius 2 is 2.13 bits per heavy atom. The van der Waals surface area contributed by atoms with Crippen LogP contribution in [0, 0.1) is 12.7 Å². The molecule has 0 radical (unpaired) electrons. The van der Waals surface area contributed by atoms with Gasteiger partial charge in [-0.1, -0.05) is 6.07 Å². The smallest absolute Gasteiger partial charge is 0.248 e. The van der Waals surface area contributed by atoms with Crippen LogP contribution in [0.25, 0.3) is 0 Å². The van der Waals surface area contributed by atoms with E-state index in [4.69, 9.17) is 4.74 Å². The first-order chi connectivity index (χ1) is 15.0. The second kappa shape index (κ2) is 8.39. The molecule has 0 spiro atoms. The number of ether oxygens (including phenoxy) is 1. The predicted molar refractivity (Wildman–Crippen MR) is 114 cm³/mol. The second-order valence-electron chi connectivity index (χ2n) is 9.40. The van der Waals surface area contributed by atoms with E-state index in [0.29, 0.717) is 24.6 Å². The van der Waals surface area contributed by atoms with Gasteiger partial charge < -0.3 is 20.3 Å². The van der Waals surface area contributed by atoms with Crippen molar-refractivity contribution in [2.75, 3.05) is 38.2 Å². The molecule has 3 fully saturated rings. The van der Waals surface area contributed by atoms with Crippen LogP contribution in [-0.4, -0.2) is 78.6 Å². The molecule has 3 aliphatic heterocycles. The fourth-order valence-corrected chi connectivity index (χ4v) is 5.70. The van der Waals surface area contributed by atoms with Crippen LogP contribution in [0.4, 0.5) is 10.1 Å². The van der Waals surface area contributed by atoms with E-state index in [9.17, 15) is 14.0 Å². The molecule has 4 aliphatic rings. The summed E-state index contributed by atoms with van der Waals surface area (Å²) in [7, 11) is 0. The lowest BCUT2D eigenvalue weighted by Crippen LogP contribution is -2.62. The zero-order valence-electron chi connectivity index (χ0n) is 18.0. The quantitative estimate of drug-likeness (QED) is 0.759. The van der Waals surface area contributed by atoms with Gasteiger partial charge in [0.25, 0.3) is 0 Å². The number of hydrogen-bond acceptors (Lipinski definition) is 5. The molecular weight excluding hydrogens is 399 g/mol. The zero-order valence-corrected chi connectivity index (χ0v) is 18.0. The molecule has 1 saturated carbocycles. The first-order valence-corrected chi connectivity index (χ1v) is 11.5. The molecule has 0 bridgehead atoms. The predicted octanol–water partition coefficient (Wildman–Crippen LogP) is 1.44. The summed E-state index contributed by atoms with van der Waals surface area (Å²) >= 11 is 0. The number of benzene rings is 1. The summed E-state index contributed by atoms with van der Waals surface area (Å²) in [4.78, 5) is 29.4. The van der Waals surface area contributed by atoms with Crippen molar-refractivity contribution >= 4 is 17.5 Å². The Labute approximate surface area is 182 Å². The molecule has 1 aliphatic carbocycles. The van der Waals surface area contributed by atoms with Crippen LogP contribution in [0.3, 0.4) is 0 Å². The second-order valence-corrected chi connectivity index (χ2v) is 9.40. The van der Waals surface area contributed by atoms with E-state index in [1.165, 1.54) is 6.07 Å². The van der Waals surface area contributed by atoms with Crippen LogP contribution in [0.2, 0.25) is 0 Å². The third-order valence-electron chi connectivity index (χ3n) is 7.39. The Morgan fingerprint density at radius 3 is 2.97 bits per heavy atom. The Kier molecular flexibility index (Phi) is 5.60. The highest BCUT2D eigenvalue weighted by Gasteiger charge is 2.38. The van der Waals surface area contributed by atoms with Crippen LogP contribution >= 0.6 is 0 Å². The summed E-state index contributed by atoms with van der Waals surface area (Å²) in [6, 6.07) is 3.49. The Balaban J connectivity index is 1.17. The number of nitrogens with zero attached hydrogens (tertiary/aromatic N) is 2. The minimum atomic E-state index is -0.417. The number of carbonyl (C=O) groups excluding carboxylic acids is 2. The van der Waals surface area contributed by atoms with Gasteiger partial charge in [-0.05, 0) is 44.2 Å². The van der Waals surface area contributed by atoms with Crippen LogP contribution < -0.4 is 10.6 Å². The number of carbonyl (C=O) groups is 2. The van der Waals surface area contributed by atoms with E-state index in [-0.39, 0.29) is 36.3 Å². The number of anilines is 1. The minimum absolute atomic E-state index is 0.0447. The molecule has 1 unspecified atom stereocenters. The van der Waals surface area contributed by atoms with Crippen LogP contribution in [0.5, 0.6) is 0 Å². The third kappa shape index (κ3) is 4.03. The molecule has 31 heavy (non-hydrogen) atoms. The van der Waals surface area contributed by atoms with Gasteiger partial charge in [0.2, 0.25) is 11.8 Å². The van der Waals surface area contributed by atoms with Crippen molar-refractivity contribution in [1.82, 2.24) is 15.1 Å². The van der Waals surface area contributed by atoms with Crippen molar-refractivity contribution in [2.24, 2.45) is 0 Å². The summed E-state index contributed by atoms with van der Waals surface area (Å²) in [6.07, 6.45) is 4.47. The van der Waals surface area contributed by atoms with E-state index < -0.39 is 6.04 Å². The van der Waals surface area contributed by atoms with Gasteiger partial charge in [-0.3, -0.25) is 14.5 Å². The van der Waals surface area contributed by atoms with Crippen LogP contribution in [0.15, 0.2) is 12.1 Å². The molecule has 1 aromatic carbocycles. The van der Waals surface area contributed by atoms with Crippen molar-refractivity contribution in [3.63, 3.8) is 0 Å². The summed E-state index contributed by atoms with van der Waals surface area (Å²) in [5, 5.41) is 6.46. The first-order valence-electron chi connectivity index (χ1n) is 11.5. The van der Waals surface area contributed by atoms with Crippen molar-refractivity contribution in [2.45, 2.75) is 63.2 Å². The van der Waals surface area contributed by atoms with Crippen molar-refractivity contribution < 1.29 is 18.7 Å². The molecule has 2 saturated heterocycles. The van der Waals surface area contributed by atoms with Gasteiger partial charge in [0.05, 0.1) is 12.6 Å². The average molecular weight is 431 g/mol. The Morgan fingerprint density at radius 1 is 1.26 bits per heavy atom. The van der Waals surface area contributed by atoms with Gasteiger partial charge >= 0.3 is 0 Å². The highest BCUT2D eigenvalue weighted by atomic mass is 19.1. The number of morpholine rings is 1. The van der Waals surface area contributed by atoms with Crippen molar-refractivity contribution in [3.05, 3.63) is 29.1 Å². The fourth-order valence-electron chi connectivity index (χ4n) is 5.70. The van der Waals surface area contributed by atoms with Crippen LogP contribution in [0.1, 0.15) is 36.8 Å². The van der Waals surface area contributed by atoms with E-state index in [1.807, 2.05) is 11.8 Å². The topological polar surface area (TPSA) is 73.9 Å². The maximum Gasteiger partial charge on any atom is 0.248 e. The number of fused-ring (bicyclic) bond motifs is 2. The molecule has 7 nitrogen and oxygen atoms in total. The monoisotopic (exact) mass is 430 g/mol. The zero-order chi connectivity index (χ0) is 21.5. The minimum Gasteiger partial charge on any atom is -0.373 e. The van der Waals surface area contributed by atoms with E-state index in [1.54, 1.807) is 6.07 Å². The number of halogens is 1. The Hall–Kier alpha value is -2.19. The Bertz CT molecular complexity index is 848. The molecule has 2 amide bonds. The molecule has 4 atom stereocenters. The third-order valence-corrected chi connectivity index (χ3v) is 7.39. The molecule has 0 aromatic heterocycles. The molecular formula is C23H31FN4O3. The molecule has 8 heteroatoms. The van der Waals surface area contributed by atoms with Gasteiger partial charge in [0.1, 0.15) is 18.5 Å². The largest absolute Gasteiger partial charge is 0.373 e. The van der Waals surface area contributed by atoms with Gasteiger partial charge in [-0.25, -0.2) is 4.39 Å². The fraction of sp³-hybridized carbons (Fsp3) is 0.652. The number of aryl methyl sites for hydroxylation is 1. The molecule has 168 valence electrons. The summed E-state index contributed by atoms with van der Waals surface area (Å²) in [5.74, 6) is -0.191. The van der Waals surface area contributed by atoms with Gasteiger partial charge in [0, 0.05) is 49.4 Å². The average Bonchev–Trinajstić information content (AvgIpc) is 3.24. The van der Waals surface area contributed by atoms with Gasteiger partial charge in [-0.2, -0.15) is 0 Å². The van der Waals surface area contributed by atoms with Gasteiger partial charge in [0.15, 0.2) is 0 Å². The normalized spacial score (nSPS) is 31.0. The summed E-state index contributed by atoms with van der Waals surface area (Å²) in [5.41, 5.74) is 2.35. The molecule has 3 heterocycles. The lowest BCUT2D eigenvalue weighted by molar-refractivity contribution is -0.153.